The Balaban J connectivity index is 1.41. The zero-order valence-corrected chi connectivity index (χ0v) is 16.6. The zero-order valence-electron chi connectivity index (χ0n) is 15.8. The number of sulfonamides is 1. The minimum absolute atomic E-state index is 0.0382. The SMILES string of the molecule is Cc1ccccc1-c1nnc(C2CCN(S(=O)(=O)Cc3ccccc3)CC2)o1. The summed E-state index contributed by atoms with van der Waals surface area (Å²) in [6.07, 6.45) is 1.37. The summed E-state index contributed by atoms with van der Waals surface area (Å²) in [5, 5.41) is 8.43. The van der Waals surface area contributed by atoms with Gasteiger partial charge in [0.2, 0.25) is 21.8 Å². The van der Waals surface area contributed by atoms with E-state index in [4.69, 9.17) is 4.42 Å². The molecule has 0 N–H and O–H groups in total. The van der Waals surface area contributed by atoms with Crippen molar-refractivity contribution >= 4 is 10.0 Å². The third kappa shape index (κ3) is 4.00. The number of hydrogen-bond acceptors (Lipinski definition) is 5. The highest BCUT2D eigenvalue weighted by molar-refractivity contribution is 7.88. The molecular formula is C21H23N3O3S. The molecule has 0 atom stereocenters. The van der Waals surface area contributed by atoms with Crippen molar-refractivity contribution in [3.8, 4) is 11.5 Å². The van der Waals surface area contributed by atoms with Gasteiger partial charge < -0.3 is 4.42 Å². The number of aryl methyl sites for hydroxylation is 1. The number of benzene rings is 2. The maximum absolute atomic E-state index is 12.7. The van der Waals surface area contributed by atoms with E-state index in [1.807, 2.05) is 61.5 Å². The van der Waals surface area contributed by atoms with Crippen molar-refractivity contribution in [1.29, 1.82) is 0 Å². The van der Waals surface area contributed by atoms with Crippen LogP contribution in [0.3, 0.4) is 0 Å². The van der Waals surface area contributed by atoms with Crippen molar-refractivity contribution in [3.63, 3.8) is 0 Å². The molecule has 1 aromatic heterocycles. The Bertz CT molecular complexity index is 1040. The summed E-state index contributed by atoms with van der Waals surface area (Å²) in [6.45, 7) is 2.96. The highest BCUT2D eigenvalue weighted by atomic mass is 32.2. The van der Waals surface area contributed by atoms with Gasteiger partial charge in [-0.15, -0.1) is 10.2 Å². The van der Waals surface area contributed by atoms with Crippen molar-refractivity contribution < 1.29 is 12.8 Å². The highest BCUT2D eigenvalue weighted by Crippen LogP contribution is 2.31. The molecule has 1 aliphatic heterocycles. The first kappa shape index (κ1) is 18.8. The Hall–Kier alpha value is -2.51. The molecule has 0 bridgehead atoms. The lowest BCUT2D eigenvalue weighted by molar-refractivity contribution is 0.291. The molecule has 0 amide bonds. The van der Waals surface area contributed by atoms with Crippen LogP contribution in [-0.4, -0.2) is 36.0 Å². The molecule has 2 heterocycles. The molecule has 4 rings (SSSR count). The van der Waals surface area contributed by atoms with Crippen LogP contribution in [0.2, 0.25) is 0 Å². The molecule has 1 fully saturated rings. The first-order valence-corrected chi connectivity index (χ1v) is 11.0. The first-order valence-electron chi connectivity index (χ1n) is 9.44. The van der Waals surface area contributed by atoms with Crippen LogP contribution in [-0.2, 0) is 15.8 Å². The van der Waals surface area contributed by atoms with Gasteiger partial charge in [-0.1, -0.05) is 48.5 Å². The molecule has 6 nitrogen and oxygen atoms in total. The van der Waals surface area contributed by atoms with Crippen LogP contribution in [0, 0.1) is 6.92 Å². The zero-order chi connectivity index (χ0) is 19.6. The van der Waals surface area contributed by atoms with Crippen LogP contribution >= 0.6 is 0 Å². The second-order valence-corrected chi connectivity index (χ2v) is 9.14. The van der Waals surface area contributed by atoms with E-state index in [1.165, 1.54) is 0 Å². The van der Waals surface area contributed by atoms with Gasteiger partial charge in [0.05, 0.1) is 5.75 Å². The Morgan fingerprint density at radius 2 is 1.68 bits per heavy atom. The van der Waals surface area contributed by atoms with Crippen LogP contribution in [0.15, 0.2) is 59.0 Å². The van der Waals surface area contributed by atoms with Gasteiger partial charge >= 0.3 is 0 Å². The van der Waals surface area contributed by atoms with E-state index < -0.39 is 10.0 Å². The number of nitrogens with zero attached hydrogens (tertiary/aromatic N) is 3. The molecule has 2 aromatic carbocycles. The summed E-state index contributed by atoms with van der Waals surface area (Å²) in [5.74, 6) is 1.25. The van der Waals surface area contributed by atoms with Crippen LogP contribution in [0.25, 0.3) is 11.5 Å². The van der Waals surface area contributed by atoms with Crippen LogP contribution in [0.4, 0.5) is 0 Å². The maximum Gasteiger partial charge on any atom is 0.248 e. The minimum Gasteiger partial charge on any atom is -0.420 e. The van der Waals surface area contributed by atoms with E-state index in [0.717, 1.165) is 16.7 Å². The standard InChI is InChI=1S/C21H23N3O3S/c1-16-7-5-6-10-19(16)21-23-22-20(27-21)18-11-13-24(14-12-18)28(25,26)15-17-8-3-2-4-9-17/h2-10,18H,11-15H2,1H3. The fraction of sp³-hybridized carbons (Fsp3) is 0.333. The quantitative estimate of drug-likeness (QED) is 0.655. The maximum atomic E-state index is 12.7. The van der Waals surface area contributed by atoms with Crippen LogP contribution < -0.4 is 0 Å². The summed E-state index contributed by atoms with van der Waals surface area (Å²) in [7, 11) is -3.32. The molecule has 146 valence electrons. The Labute approximate surface area is 165 Å². The average Bonchev–Trinajstić information content (AvgIpc) is 3.19. The topological polar surface area (TPSA) is 76.3 Å². The van der Waals surface area contributed by atoms with Crippen molar-refractivity contribution in [3.05, 3.63) is 71.6 Å². The third-order valence-electron chi connectivity index (χ3n) is 5.20. The van der Waals surface area contributed by atoms with Crippen molar-refractivity contribution in [2.45, 2.75) is 31.4 Å². The average molecular weight is 398 g/mol. The molecule has 0 unspecified atom stereocenters. The van der Waals surface area contributed by atoms with Gasteiger partial charge in [-0.3, -0.25) is 0 Å². The van der Waals surface area contributed by atoms with Crippen LogP contribution in [0.1, 0.15) is 35.8 Å². The predicted octanol–water partition coefficient (Wildman–Crippen LogP) is 3.75. The fourth-order valence-electron chi connectivity index (χ4n) is 3.58. The highest BCUT2D eigenvalue weighted by Gasteiger charge is 2.31. The van der Waals surface area contributed by atoms with Gasteiger partial charge in [0.1, 0.15) is 0 Å². The Morgan fingerprint density at radius 3 is 2.39 bits per heavy atom. The lowest BCUT2D eigenvalue weighted by Gasteiger charge is -2.29. The molecule has 0 aliphatic carbocycles. The van der Waals surface area contributed by atoms with Crippen molar-refractivity contribution in [1.82, 2.24) is 14.5 Å². The summed E-state index contributed by atoms with van der Waals surface area (Å²) in [5.41, 5.74) is 2.83. The molecule has 0 spiro atoms. The molecule has 1 aliphatic rings. The lowest BCUT2D eigenvalue weighted by atomic mass is 9.98. The van der Waals surface area contributed by atoms with Gasteiger partial charge in [-0.25, -0.2) is 12.7 Å². The largest absolute Gasteiger partial charge is 0.420 e. The summed E-state index contributed by atoms with van der Waals surface area (Å²) < 4.78 is 32.9. The molecule has 0 saturated carbocycles. The number of hydrogen-bond donors (Lipinski definition) is 0. The predicted molar refractivity (Wildman–Crippen MR) is 107 cm³/mol. The lowest BCUT2D eigenvalue weighted by Crippen LogP contribution is -2.38. The van der Waals surface area contributed by atoms with Crippen molar-refractivity contribution in [2.75, 3.05) is 13.1 Å². The summed E-state index contributed by atoms with van der Waals surface area (Å²) in [6, 6.07) is 17.2. The molecule has 3 aromatic rings. The second-order valence-electron chi connectivity index (χ2n) is 7.18. The van der Waals surface area contributed by atoms with E-state index >= 15 is 0 Å². The van der Waals surface area contributed by atoms with Gasteiger partial charge in [-0.05, 0) is 37.0 Å². The van der Waals surface area contributed by atoms with E-state index in [2.05, 4.69) is 10.2 Å². The molecule has 1 saturated heterocycles. The number of rotatable bonds is 5. The first-order chi connectivity index (χ1) is 13.5. The number of aromatic nitrogens is 2. The van der Waals surface area contributed by atoms with Crippen LogP contribution in [0.5, 0.6) is 0 Å². The van der Waals surface area contributed by atoms with Gasteiger partial charge in [0.25, 0.3) is 0 Å². The molecule has 28 heavy (non-hydrogen) atoms. The van der Waals surface area contributed by atoms with E-state index in [0.29, 0.717) is 37.7 Å². The van der Waals surface area contributed by atoms with E-state index in [1.54, 1.807) is 4.31 Å². The Kier molecular flexibility index (Phi) is 5.28. The monoisotopic (exact) mass is 397 g/mol. The van der Waals surface area contributed by atoms with Gasteiger partial charge in [-0.2, -0.15) is 0 Å². The van der Waals surface area contributed by atoms with Gasteiger partial charge in [0, 0.05) is 24.6 Å². The summed E-state index contributed by atoms with van der Waals surface area (Å²) >= 11 is 0. The number of piperidine rings is 1. The molecule has 7 heteroatoms. The van der Waals surface area contributed by atoms with Gasteiger partial charge in [0.15, 0.2) is 0 Å². The van der Waals surface area contributed by atoms with Crippen molar-refractivity contribution in [2.24, 2.45) is 0 Å². The fourth-order valence-corrected chi connectivity index (χ4v) is 5.14. The van der Waals surface area contributed by atoms with E-state index in [-0.39, 0.29) is 11.7 Å². The minimum atomic E-state index is -3.32. The third-order valence-corrected chi connectivity index (χ3v) is 7.05. The summed E-state index contributed by atoms with van der Waals surface area (Å²) in [4.78, 5) is 0. The normalized spacial score (nSPS) is 16.3. The molecular weight excluding hydrogens is 374 g/mol. The second kappa shape index (κ2) is 7.85. The molecule has 0 radical (unpaired) electrons. The smallest absolute Gasteiger partial charge is 0.248 e. The Morgan fingerprint density at radius 1 is 1.00 bits per heavy atom. The van der Waals surface area contributed by atoms with E-state index in [9.17, 15) is 8.42 Å².